The normalized spacial score (nSPS) is 12.6. The molecule has 138 valence electrons. The highest BCUT2D eigenvalue weighted by molar-refractivity contribution is 7.92. The van der Waals surface area contributed by atoms with E-state index < -0.39 is 27.4 Å². The monoisotopic (exact) mass is 370 g/mol. The van der Waals surface area contributed by atoms with Gasteiger partial charge in [-0.3, -0.25) is 19.2 Å². The molecule has 25 heavy (non-hydrogen) atoms. The molecule has 0 heterocycles. The summed E-state index contributed by atoms with van der Waals surface area (Å²) in [5.74, 6) is -0.652. The van der Waals surface area contributed by atoms with E-state index in [0.29, 0.717) is 5.71 Å². The summed E-state index contributed by atoms with van der Waals surface area (Å²) in [5.41, 5.74) is 2.49. The minimum absolute atomic E-state index is 0.0309. The fourth-order valence-electron chi connectivity index (χ4n) is 1.64. The molecule has 1 aromatic carbocycles. The van der Waals surface area contributed by atoms with Crippen molar-refractivity contribution in [3.05, 3.63) is 34.4 Å². The van der Waals surface area contributed by atoms with Crippen molar-refractivity contribution >= 4 is 33.0 Å². The van der Waals surface area contributed by atoms with E-state index in [0.717, 1.165) is 16.6 Å². The molecule has 0 aliphatic heterocycles. The van der Waals surface area contributed by atoms with Gasteiger partial charge in [-0.2, -0.15) is 5.10 Å². The maximum absolute atomic E-state index is 12.1. The third-order valence-electron chi connectivity index (χ3n) is 3.45. The van der Waals surface area contributed by atoms with Gasteiger partial charge in [0.25, 0.3) is 11.6 Å². The molecule has 0 saturated carbocycles. The van der Waals surface area contributed by atoms with E-state index >= 15 is 0 Å². The predicted octanol–water partition coefficient (Wildman–Crippen LogP) is 1.90. The van der Waals surface area contributed by atoms with Crippen LogP contribution in [0.5, 0.6) is 0 Å². The number of rotatable bonds is 6. The lowest BCUT2D eigenvalue weighted by atomic mass is 9.91. The molecular weight excluding hydrogens is 348 g/mol. The Morgan fingerprint density at radius 1 is 1.36 bits per heavy atom. The fourth-order valence-corrected chi connectivity index (χ4v) is 2.49. The fraction of sp³-hybridized carbons (Fsp3) is 0.467. The first kappa shape index (κ1) is 20.6. The number of nitro benzene ring substituents is 1. The summed E-state index contributed by atoms with van der Waals surface area (Å²) < 4.78 is 24.8. The van der Waals surface area contributed by atoms with Gasteiger partial charge >= 0.3 is 0 Å². The zero-order chi connectivity index (χ0) is 19.4. The zero-order valence-electron chi connectivity index (χ0n) is 14.8. The van der Waals surface area contributed by atoms with Crippen LogP contribution in [0.3, 0.4) is 0 Å². The minimum atomic E-state index is -3.82. The van der Waals surface area contributed by atoms with Crippen molar-refractivity contribution in [2.75, 3.05) is 17.1 Å². The third kappa shape index (κ3) is 6.14. The summed E-state index contributed by atoms with van der Waals surface area (Å²) >= 11 is 0. The quantitative estimate of drug-likeness (QED) is 0.465. The van der Waals surface area contributed by atoms with Crippen LogP contribution in [0.25, 0.3) is 0 Å². The highest BCUT2D eigenvalue weighted by atomic mass is 32.2. The lowest BCUT2D eigenvalue weighted by Crippen LogP contribution is -2.39. The molecule has 0 saturated heterocycles. The van der Waals surface area contributed by atoms with E-state index in [1.165, 1.54) is 18.2 Å². The minimum Gasteiger partial charge on any atom is -0.271 e. The average molecular weight is 370 g/mol. The molecule has 0 fully saturated rings. The van der Waals surface area contributed by atoms with Crippen LogP contribution in [0.1, 0.15) is 27.7 Å². The number of carbonyl (C=O) groups excluding carboxylic acids is 1. The van der Waals surface area contributed by atoms with Crippen molar-refractivity contribution < 1.29 is 18.1 Å². The van der Waals surface area contributed by atoms with Crippen LogP contribution in [0.2, 0.25) is 0 Å². The average Bonchev–Trinajstić information content (AvgIpc) is 2.48. The lowest BCUT2D eigenvalue weighted by molar-refractivity contribution is -0.384. The Hall–Kier alpha value is -2.49. The number of non-ortho nitro benzene ring substituents is 1. The van der Waals surface area contributed by atoms with Crippen LogP contribution in [0.15, 0.2) is 29.4 Å². The van der Waals surface area contributed by atoms with Crippen LogP contribution in [0, 0.1) is 15.5 Å². The number of nitrogens with zero attached hydrogens (tertiary/aromatic N) is 3. The second-order valence-corrected chi connectivity index (χ2v) is 8.44. The van der Waals surface area contributed by atoms with Gasteiger partial charge in [-0.15, -0.1) is 0 Å². The number of benzene rings is 1. The number of hydrogen-bond donors (Lipinski definition) is 1. The number of amides is 1. The Morgan fingerprint density at radius 3 is 2.44 bits per heavy atom. The summed E-state index contributed by atoms with van der Waals surface area (Å²) in [6.07, 6.45) is 0.919. The van der Waals surface area contributed by atoms with E-state index in [9.17, 15) is 23.3 Å². The van der Waals surface area contributed by atoms with Gasteiger partial charge in [0, 0.05) is 23.3 Å². The number of anilines is 1. The second kappa shape index (κ2) is 7.60. The standard InChI is InChI=1S/C15H22N4O5S/c1-11(15(2,3)4)16-17-14(20)10-18(25(5,23)24)12-7-6-8-13(9-12)19(21)22/h6-9H,10H2,1-5H3,(H,17,20)/b16-11-. The van der Waals surface area contributed by atoms with E-state index in [1.807, 2.05) is 20.8 Å². The number of carbonyl (C=O) groups is 1. The summed E-state index contributed by atoms with van der Waals surface area (Å²) in [7, 11) is -3.82. The number of hydrazone groups is 1. The van der Waals surface area contributed by atoms with Gasteiger partial charge in [0.05, 0.1) is 16.9 Å². The van der Waals surface area contributed by atoms with Crippen LogP contribution < -0.4 is 9.73 Å². The molecule has 9 nitrogen and oxygen atoms in total. The Balaban J connectivity index is 3.05. The third-order valence-corrected chi connectivity index (χ3v) is 4.59. The van der Waals surface area contributed by atoms with Crippen LogP contribution in [-0.2, 0) is 14.8 Å². The molecule has 1 rings (SSSR count). The van der Waals surface area contributed by atoms with Crippen molar-refractivity contribution in [1.29, 1.82) is 0 Å². The second-order valence-electron chi connectivity index (χ2n) is 6.53. The van der Waals surface area contributed by atoms with Gasteiger partial charge < -0.3 is 0 Å². The number of sulfonamides is 1. The molecule has 0 spiro atoms. The lowest BCUT2D eigenvalue weighted by Gasteiger charge is -2.22. The SMILES string of the molecule is C/C(=N/NC(=O)CN(c1cccc([N+](=O)[O-])c1)S(C)(=O)=O)C(C)(C)C. The molecule has 1 amide bonds. The number of nitrogens with one attached hydrogen (secondary N) is 1. The van der Waals surface area contributed by atoms with E-state index in [1.54, 1.807) is 6.92 Å². The molecule has 0 aliphatic carbocycles. The molecule has 0 unspecified atom stereocenters. The van der Waals surface area contributed by atoms with Crippen molar-refractivity contribution in [2.45, 2.75) is 27.7 Å². The van der Waals surface area contributed by atoms with Crippen LogP contribution >= 0.6 is 0 Å². The summed E-state index contributed by atoms with van der Waals surface area (Å²) in [5, 5.41) is 14.8. The maximum atomic E-state index is 12.1. The van der Waals surface area contributed by atoms with Crippen molar-refractivity contribution in [1.82, 2.24) is 5.43 Å². The Kier molecular flexibility index (Phi) is 6.25. The predicted molar refractivity (Wildman–Crippen MR) is 96.0 cm³/mol. The van der Waals surface area contributed by atoms with Crippen molar-refractivity contribution in [2.24, 2.45) is 10.5 Å². The molecule has 0 aliphatic rings. The largest absolute Gasteiger partial charge is 0.271 e. The molecular formula is C15H22N4O5S. The molecule has 1 aromatic rings. The van der Waals surface area contributed by atoms with Gasteiger partial charge in [0.15, 0.2) is 0 Å². The first-order chi connectivity index (χ1) is 11.3. The first-order valence-corrected chi connectivity index (χ1v) is 9.23. The Labute approximate surface area is 146 Å². The van der Waals surface area contributed by atoms with E-state index in [4.69, 9.17) is 0 Å². The van der Waals surface area contributed by atoms with E-state index in [2.05, 4.69) is 10.5 Å². The van der Waals surface area contributed by atoms with Crippen LogP contribution in [0.4, 0.5) is 11.4 Å². The zero-order valence-corrected chi connectivity index (χ0v) is 15.6. The van der Waals surface area contributed by atoms with Gasteiger partial charge in [0.2, 0.25) is 10.0 Å². The summed E-state index contributed by atoms with van der Waals surface area (Å²) in [6, 6.07) is 5.06. The smallest absolute Gasteiger partial charge is 0.271 e. The number of nitro groups is 1. The molecule has 0 radical (unpaired) electrons. The summed E-state index contributed by atoms with van der Waals surface area (Å²) in [4.78, 5) is 22.3. The molecule has 10 heteroatoms. The Bertz CT molecular complexity index is 796. The van der Waals surface area contributed by atoms with Gasteiger partial charge in [0.1, 0.15) is 6.54 Å². The maximum Gasteiger partial charge on any atom is 0.271 e. The van der Waals surface area contributed by atoms with Gasteiger partial charge in [-0.25, -0.2) is 13.8 Å². The highest BCUT2D eigenvalue weighted by Gasteiger charge is 2.23. The van der Waals surface area contributed by atoms with Crippen LogP contribution in [-0.4, -0.2) is 37.8 Å². The molecule has 0 atom stereocenters. The number of hydrogen-bond acceptors (Lipinski definition) is 6. The highest BCUT2D eigenvalue weighted by Crippen LogP contribution is 2.23. The van der Waals surface area contributed by atoms with Crippen molar-refractivity contribution in [3.8, 4) is 0 Å². The summed E-state index contributed by atoms with van der Waals surface area (Å²) in [6.45, 7) is 6.97. The molecule has 1 N–H and O–H groups in total. The topological polar surface area (TPSA) is 122 Å². The first-order valence-electron chi connectivity index (χ1n) is 7.38. The molecule has 0 aromatic heterocycles. The molecule has 0 bridgehead atoms. The Morgan fingerprint density at radius 2 is 1.96 bits per heavy atom. The van der Waals surface area contributed by atoms with Gasteiger partial charge in [-0.05, 0) is 13.0 Å². The van der Waals surface area contributed by atoms with E-state index in [-0.39, 0.29) is 16.8 Å². The van der Waals surface area contributed by atoms with Crippen molar-refractivity contribution in [3.63, 3.8) is 0 Å². The van der Waals surface area contributed by atoms with Gasteiger partial charge in [-0.1, -0.05) is 26.8 Å².